The lowest BCUT2D eigenvalue weighted by atomic mass is 10.1. The minimum absolute atomic E-state index is 0.0172. The average Bonchev–Trinajstić information content (AvgIpc) is 3.01. The quantitative estimate of drug-likeness (QED) is 0.506. The van der Waals surface area contributed by atoms with Crippen molar-refractivity contribution in [3.05, 3.63) is 93.9 Å². The Labute approximate surface area is 182 Å². The van der Waals surface area contributed by atoms with Gasteiger partial charge in [-0.05, 0) is 53.7 Å². The van der Waals surface area contributed by atoms with Crippen LogP contribution in [-0.4, -0.2) is 16.3 Å². The molecule has 150 valence electrons. The van der Waals surface area contributed by atoms with Gasteiger partial charge >= 0.3 is 0 Å². The second kappa shape index (κ2) is 8.65. The van der Waals surface area contributed by atoms with Gasteiger partial charge in [-0.3, -0.25) is 9.59 Å². The molecule has 7 heteroatoms. The summed E-state index contributed by atoms with van der Waals surface area (Å²) in [7, 11) is 0. The van der Waals surface area contributed by atoms with Crippen LogP contribution in [0.15, 0.2) is 77.7 Å². The van der Waals surface area contributed by atoms with Crippen molar-refractivity contribution in [3.8, 4) is 11.5 Å². The second-order valence-corrected chi connectivity index (χ2v) is 7.92. The zero-order valence-corrected chi connectivity index (χ0v) is 17.2. The fourth-order valence-corrected chi connectivity index (χ4v) is 3.89. The first-order chi connectivity index (χ1) is 14.5. The third kappa shape index (κ3) is 4.35. The maximum atomic E-state index is 12.8. The first-order valence-electron chi connectivity index (χ1n) is 9.04. The predicted molar refractivity (Wildman–Crippen MR) is 119 cm³/mol. The number of anilines is 1. The van der Waals surface area contributed by atoms with E-state index in [-0.39, 0.29) is 10.7 Å². The number of imide groups is 1. The highest BCUT2D eigenvalue weighted by Crippen LogP contribution is 2.37. The Kier molecular flexibility index (Phi) is 5.79. The number of halogens is 1. The topological polar surface area (TPSA) is 66.8 Å². The lowest BCUT2D eigenvalue weighted by Gasteiger charge is -2.12. The fraction of sp³-hybridized carbons (Fsp3) is 0.0435. The summed E-state index contributed by atoms with van der Waals surface area (Å²) in [6.45, 7) is 0.340. The minimum atomic E-state index is -0.442. The summed E-state index contributed by atoms with van der Waals surface area (Å²) >= 11 is 6.76. The molecule has 1 aliphatic rings. The molecule has 5 nitrogen and oxygen atoms in total. The Hall–Kier alpha value is -3.22. The van der Waals surface area contributed by atoms with Crippen molar-refractivity contribution in [1.29, 1.82) is 0 Å². The van der Waals surface area contributed by atoms with E-state index in [4.69, 9.17) is 16.3 Å². The molecule has 2 amide bonds. The van der Waals surface area contributed by atoms with Crippen LogP contribution in [0.5, 0.6) is 11.5 Å². The summed E-state index contributed by atoms with van der Waals surface area (Å²) in [4.78, 5) is 26.6. The molecule has 0 aromatic heterocycles. The Morgan fingerprint density at radius 3 is 2.53 bits per heavy atom. The Morgan fingerprint density at radius 2 is 1.77 bits per heavy atom. The van der Waals surface area contributed by atoms with Gasteiger partial charge in [0.15, 0.2) is 0 Å². The number of thioether (sulfide) groups is 1. The number of carbonyl (C=O) groups is 2. The third-order valence-corrected chi connectivity index (χ3v) is 5.52. The van der Waals surface area contributed by atoms with E-state index in [1.165, 1.54) is 12.1 Å². The van der Waals surface area contributed by atoms with E-state index in [0.29, 0.717) is 28.6 Å². The number of nitrogens with zero attached hydrogens (tertiary/aromatic N) is 1. The number of ether oxygens (including phenoxy) is 1. The van der Waals surface area contributed by atoms with Gasteiger partial charge in [-0.2, -0.15) is 0 Å². The van der Waals surface area contributed by atoms with Crippen molar-refractivity contribution in [2.45, 2.75) is 6.61 Å². The van der Waals surface area contributed by atoms with Crippen molar-refractivity contribution >= 4 is 46.3 Å². The van der Waals surface area contributed by atoms with E-state index in [1.807, 2.05) is 30.3 Å². The van der Waals surface area contributed by atoms with E-state index >= 15 is 0 Å². The number of hydrogen-bond donors (Lipinski definition) is 1. The van der Waals surface area contributed by atoms with E-state index < -0.39 is 11.1 Å². The summed E-state index contributed by atoms with van der Waals surface area (Å²) in [5.74, 6) is 0.135. The van der Waals surface area contributed by atoms with Crippen LogP contribution >= 0.6 is 23.4 Å². The molecule has 3 aromatic rings. The largest absolute Gasteiger partial charge is 0.508 e. The molecule has 1 heterocycles. The fourth-order valence-electron chi connectivity index (χ4n) is 2.94. The standard InChI is InChI=1S/C23H16ClNO4S/c24-17-10-8-15(9-11-17)14-29-20-7-2-1-4-16(20)12-21-22(27)25(23(28)30-21)18-5-3-6-19(26)13-18/h1-13,26H,14H2/b21-12-. The van der Waals surface area contributed by atoms with Gasteiger partial charge in [0, 0.05) is 16.7 Å². The van der Waals surface area contributed by atoms with Crippen molar-refractivity contribution in [1.82, 2.24) is 0 Å². The summed E-state index contributed by atoms with van der Waals surface area (Å²) in [5.41, 5.74) is 1.97. The van der Waals surface area contributed by atoms with Gasteiger partial charge in [0.25, 0.3) is 11.1 Å². The summed E-state index contributed by atoms with van der Waals surface area (Å²) in [6, 6.07) is 20.7. The van der Waals surface area contributed by atoms with E-state index in [1.54, 1.807) is 36.4 Å². The highest BCUT2D eigenvalue weighted by atomic mass is 35.5. The van der Waals surface area contributed by atoms with Crippen molar-refractivity contribution in [3.63, 3.8) is 0 Å². The normalized spacial score (nSPS) is 15.1. The van der Waals surface area contributed by atoms with Crippen LogP contribution in [0.3, 0.4) is 0 Å². The van der Waals surface area contributed by atoms with Gasteiger partial charge in [-0.1, -0.05) is 48.0 Å². The molecule has 1 saturated heterocycles. The smallest absolute Gasteiger partial charge is 0.298 e. The molecule has 1 N–H and O–H groups in total. The van der Waals surface area contributed by atoms with E-state index in [2.05, 4.69) is 0 Å². The van der Waals surface area contributed by atoms with E-state index in [9.17, 15) is 14.7 Å². The number of phenols is 1. The predicted octanol–water partition coefficient (Wildman–Crippen LogP) is 5.87. The monoisotopic (exact) mass is 437 g/mol. The number of benzene rings is 3. The number of aromatic hydroxyl groups is 1. The number of hydrogen-bond acceptors (Lipinski definition) is 5. The van der Waals surface area contributed by atoms with Crippen LogP contribution in [-0.2, 0) is 11.4 Å². The lowest BCUT2D eigenvalue weighted by molar-refractivity contribution is -0.113. The molecule has 0 bridgehead atoms. The molecular formula is C23H16ClNO4S. The molecule has 0 radical (unpaired) electrons. The molecule has 1 aliphatic heterocycles. The minimum Gasteiger partial charge on any atom is -0.508 e. The van der Waals surface area contributed by atoms with Crippen molar-refractivity contribution in [2.24, 2.45) is 0 Å². The third-order valence-electron chi connectivity index (χ3n) is 4.39. The number of amides is 2. The number of carbonyl (C=O) groups excluding carboxylic acids is 2. The molecule has 4 rings (SSSR count). The number of para-hydroxylation sites is 1. The molecule has 0 atom stereocenters. The second-order valence-electron chi connectivity index (χ2n) is 6.49. The van der Waals surface area contributed by atoms with Crippen LogP contribution in [0.25, 0.3) is 6.08 Å². The highest BCUT2D eigenvalue weighted by molar-refractivity contribution is 8.19. The first-order valence-corrected chi connectivity index (χ1v) is 10.2. The van der Waals surface area contributed by atoms with Crippen LogP contribution in [0.4, 0.5) is 10.5 Å². The van der Waals surface area contributed by atoms with Crippen molar-refractivity contribution in [2.75, 3.05) is 4.90 Å². The van der Waals surface area contributed by atoms with Crippen LogP contribution in [0.2, 0.25) is 5.02 Å². The molecule has 0 saturated carbocycles. The Bertz CT molecular complexity index is 1140. The van der Waals surface area contributed by atoms with Gasteiger partial charge in [0.2, 0.25) is 0 Å². The first kappa shape index (κ1) is 20.1. The van der Waals surface area contributed by atoms with Crippen LogP contribution in [0.1, 0.15) is 11.1 Å². The summed E-state index contributed by atoms with van der Waals surface area (Å²) in [6.07, 6.45) is 1.64. The summed E-state index contributed by atoms with van der Waals surface area (Å²) in [5, 5.41) is 9.89. The molecular weight excluding hydrogens is 422 g/mol. The molecule has 30 heavy (non-hydrogen) atoms. The van der Waals surface area contributed by atoms with Gasteiger partial charge in [-0.15, -0.1) is 0 Å². The maximum absolute atomic E-state index is 12.8. The zero-order valence-electron chi connectivity index (χ0n) is 15.6. The number of rotatable bonds is 5. The highest BCUT2D eigenvalue weighted by Gasteiger charge is 2.36. The molecule has 0 spiro atoms. The molecule has 0 aliphatic carbocycles. The average molecular weight is 438 g/mol. The van der Waals surface area contributed by atoms with Crippen LogP contribution < -0.4 is 9.64 Å². The van der Waals surface area contributed by atoms with Gasteiger partial charge < -0.3 is 9.84 Å². The van der Waals surface area contributed by atoms with Crippen LogP contribution in [0, 0.1) is 0 Å². The molecule has 3 aromatic carbocycles. The summed E-state index contributed by atoms with van der Waals surface area (Å²) < 4.78 is 5.92. The Balaban J connectivity index is 1.57. The van der Waals surface area contributed by atoms with Gasteiger partial charge in [-0.25, -0.2) is 4.90 Å². The SMILES string of the molecule is O=C1S/C(=C\c2ccccc2OCc2ccc(Cl)cc2)C(=O)N1c1cccc(O)c1. The lowest BCUT2D eigenvalue weighted by Crippen LogP contribution is -2.27. The Morgan fingerprint density at radius 1 is 1.00 bits per heavy atom. The molecule has 0 unspecified atom stereocenters. The van der Waals surface area contributed by atoms with Crippen molar-refractivity contribution < 1.29 is 19.4 Å². The number of phenolic OH excluding ortho intramolecular Hbond substituents is 1. The van der Waals surface area contributed by atoms with E-state index in [0.717, 1.165) is 22.2 Å². The van der Waals surface area contributed by atoms with Gasteiger partial charge in [0.1, 0.15) is 18.1 Å². The molecule has 1 fully saturated rings. The zero-order chi connectivity index (χ0) is 21.1. The maximum Gasteiger partial charge on any atom is 0.298 e. The van der Waals surface area contributed by atoms with Gasteiger partial charge in [0.05, 0.1) is 10.6 Å².